The predicted molar refractivity (Wildman–Crippen MR) is 59.9 cm³/mol. The molecule has 76 valence electrons. The molecular formula is C11H13BrO2. The Labute approximate surface area is 92.4 Å². The van der Waals surface area contributed by atoms with Crippen LogP contribution in [0.2, 0.25) is 0 Å². The van der Waals surface area contributed by atoms with Gasteiger partial charge >= 0.3 is 5.97 Å². The van der Waals surface area contributed by atoms with Gasteiger partial charge in [-0.05, 0) is 42.7 Å². The fourth-order valence-corrected chi connectivity index (χ4v) is 2.32. The Bertz CT molecular complexity index is 335. The molecule has 0 fully saturated rings. The van der Waals surface area contributed by atoms with Gasteiger partial charge in [-0.1, -0.05) is 15.9 Å². The highest BCUT2D eigenvalue weighted by molar-refractivity contribution is 9.08. The van der Waals surface area contributed by atoms with Crippen molar-refractivity contribution >= 4 is 21.9 Å². The zero-order valence-corrected chi connectivity index (χ0v) is 10.1. The van der Waals surface area contributed by atoms with E-state index in [0.29, 0.717) is 5.56 Å². The van der Waals surface area contributed by atoms with E-state index in [-0.39, 0.29) is 5.97 Å². The lowest BCUT2D eigenvalue weighted by Gasteiger charge is -2.09. The van der Waals surface area contributed by atoms with Gasteiger partial charge < -0.3 is 4.74 Å². The number of esters is 1. The SMILES string of the molecule is COC(=O)c1cc(C)c(CBr)c(C)c1. The summed E-state index contributed by atoms with van der Waals surface area (Å²) in [6.07, 6.45) is 0. The molecule has 14 heavy (non-hydrogen) atoms. The molecule has 0 unspecified atom stereocenters. The van der Waals surface area contributed by atoms with Gasteiger partial charge in [0.25, 0.3) is 0 Å². The molecule has 0 radical (unpaired) electrons. The van der Waals surface area contributed by atoms with Crippen LogP contribution in [0.5, 0.6) is 0 Å². The summed E-state index contributed by atoms with van der Waals surface area (Å²) < 4.78 is 4.67. The molecule has 0 spiro atoms. The average molecular weight is 257 g/mol. The highest BCUT2D eigenvalue weighted by atomic mass is 79.9. The second-order valence-corrected chi connectivity index (χ2v) is 3.77. The van der Waals surface area contributed by atoms with E-state index in [9.17, 15) is 4.79 Å². The van der Waals surface area contributed by atoms with Gasteiger partial charge in [-0.3, -0.25) is 0 Å². The summed E-state index contributed by atoms with van der Waals surface area (Å²) in [7, 11) is 1.39. The van der Waals surface area contributed by atoms with Crippen molar-refractivity contribution in [1.29, 1.82) is 0 Å². The first-order chi connectivity index (χ1) is 6.60. The van der Waals surface area contributed by atoms with Crippen molar-refractivity contribution in [2.45, 2.75) is 19.2 Å². The molecule has 0 aromatic heterocycles. The van der Waals surface area contributed by atoms with Crippen LogP contribution in [0.15, 0.2) is 12.1 Å². The lowest BCUT2D eigenvalue weighted by Crippen LogP contribution is -2.03. The normalized spacial score (nSPS) is 10.0. The van der Waals surface area contributed by atoms with Crippen molar-refractivity contribution in [2.75, 3.05) is 7.11 Å². The third kappa shape index (κ3) is 2.15. The van der Waals surface area contributed by atoms with E-state index >= 15 is 0 Å². The summed E-state index contributed by atoms with van der Waals surface area (Å²) in [5, 5.41) is 0.812. The van der Waals surface area contributed by atoms with Crippen LogP contribution in [-0.2, 0) is 10.1 Å². The van der Waals surface area contributed by atoms with Crippen LogP contribution in [0.3, 0.4) is 0 Å². The van der Waals surface area contributed by atoms with Crippen LogP contribution in [-0.4, -0.2) is 13.1 Å². The number of halogens is 1. The number of rotatable bonds is 2. The van der Waals surface area contributed by atoms with E-state index in [2.05, 4.69) is 20.7 Å². The minimum atomic E-state index is -0.280. The summed E-state index contributed by atoms with van der Waals surface area (Å²) in [5.74, 6) is -0.280. The maximum atomic E-state index is 11.3. The molecule has 0 saturated heterocycles. The first kappa shape index (κ1) is 11.2. The number of ether oxygens (including phenoxy) is 1. The minimum Gasteiger partial charge on any atom is -0.465 e. The molecule has 0 aliphatic heterocycles. The molecule has 2 nitrogen and oxygen atoms in total. The molecule has 0 aliphatic carbocycles. The van der Waals surface area contributed by atoms with Crippen molar-refractivity contribution in [3.05, 3.63) is 34.4 Å². The van der Waals surface area contributed by atoms with Crippen molar-refractivity contribution in [2.24, 2.45) is 0 Å². The van der Waals surface area contributed by atoms with E-state index < -0.39 is 0 Å². The molecule has 3 heteroatoms. The van der Waals surface area contributed by atoms with Crippen LogP contribution in [0.4, 0.5) is 0 Å². The standard InChI is InChI=1S/C11H13BrO2/c1-7-4-9(11(13)14-3)5-8(2)10(7)6-12/h4-5H,6H2,1-3H3. The maximum absolute atomic E-state index is 11.3. The monoisotopic (exact) mass is 256 g/mol. The molecule has 1 rings (SSSR count). The van der Waals surface area contributed by atoms with Gasteiger partial charge in [0.05, 0.1) is 12.7 Å². The lowest BCUT2D eigenvalue weighted by molar-refractivity contribution is 0.0600. The molecule has 1 aromatic rings. The first-order valence-electron chi connectivity index (χ1n) is 4.34. The fourth-order valence-electron chi connectivity index (χ4n) is 1.44. The Hall–Kier alpha value is -0.830. The topological polar surface area (TPSA) is 26.3 Å². The summed E-state index contributed by atoms with van der Waals surface area (Å²) in [6.45, 7) is 3.99. The van der Waals surface area contributed by atoms with E-state index in [0.717, 1.165) is 16.5 Å². The largest absolute Gasteiger partial charge is 0.465 e. The van der Waals surface area contributed by atoms with Crippen molar-refractivity contribution in [3.8, 4) is 0 Å². The molecule has 0 amide bonds. The number of benzene rings is 1. The summed E-state index contributed by atoms with van der Waals surface area (Å²) in [4.78, 5) is 11.3. The third-order valence-corrected chi connectivity index (χ3v) is 2.81. The number of alkyl halides is 1. The van der Waals surface area contributed by atoms with E-state index in [1.807, 2.05) is 26.0 Å². The molecular weight excluding hydrogens is 244 g/mol. The molecule has 0 aliphatic rings. The molecule has 0 N–H and O–H groups in total. The van der Waals surface area contributed by atoms with Crippen molar-refractivity contribution in [3.63, 3.8) is 0 Å². The predicted octanol–water partition coefficient (Wildman–Crippen LogP) is 2.98. The third-order valence-electron chi connectivity index (χ3n) is 2.25. The highest BCUT2D eigenvalue weighted by Gasteiger charge is 2.09. The van der Waals surface area contributed by atoms with Crippen LogP contribution >= 0.6 is 15.9 Å². The molecule has 0 bridgehead atoms. The molecule has 0 heterocycles. The molecule has 1 aromatic carbocycles. The molecule has 0 saturated carbocycles. The Balaban J connectivity index is 3.20. The zero-order valence-electron chi connectivity index (χ0n) is 8.56. The van der Waals surface area contributed by atoms with Crippen LogP contribution < -0.4 is 0 Å². The highest BCUT2D eigenvalue weighted by Crippen LogP contribution is 2.19. The average Bonchev–Trinajstić information content (AvgIpc) is 2.16. The lowest BCUT2D eigenvalue weighted by atomic mass is 10.0. The number of carbonyl (C=O) groups excluding carboxylic acids is 1. The summed E-state index contributed by atoms with van der Waals surface area (Å²) in [6, 6.07) is 3.71. The number of hydrogen-bond donors (Lipinski definition) is 0. The van der Waals surface area contributed by atoms with E-state index in [4.69, 9.17) is 0 Å². The maximum Gasteiger partial charge on any atom is 0.337 e. The van der Waals surface area contributed by atoms with Gasteiger partial charge in [-0.15, -0.1) is 0 Å². The van der Waals surface area contributed by atoms with E-state index in [1.54, 1.807) is 0 Å². The molecule has 0 atom stereocenters. The van der Waals surface area contributed by atoms with Gasteiger partial charge in [-0.25, -0.2) is 4.79 Å². The van der Waals surface area contributed by atoms with Crippen molar-refractivity contribution in [1.82, 2.24) is 0 Å². The number of aryl methyl sites for hydroxylation is 2. The smallest absolute Gasteiger partial charge is 0.337 e. The second-order valence-electron chi connectivity index (χ2n) is 3.21. The van der Waals surface area contributed by atoms with Gasteiger partial charge in [-0.2, -0.15) is 0 Å². The van der Waals surface area contributed by atoms with Gasteiger partial charge in [0.1, 0.15) is 0 Å². The number of methoxy groups -OCH3 is 1. The number of hydrogen-bond acceptors (Lipinski definition) is 2. The first-order valence-corrected chi connectivity index (χ1v) is 5.46. The second kappa shape index (κ2) is 4.60. The van der Waals surface area contributed by atoms with Crippen LogP contribution in [0, 0.1) is 13.8 Å². The van der Waals surface area contributed by atoms with E-state index in [1.165, 1.54) is 12.7 Å². The summed E-state index contributed by atoms with van der Waals surface area (Å²) >= 11 is 3.42. The van der Waals surface area contributed by atoms with Crippen LogP contribution in [0.25, 0.3) is 0 Å². The van der Waals surface area contributed by atoms with Crippen LogP contribution in [0.1, 0.15) is 27.0 Å². The Morgan fingerprint density at radius 1 is 1.36 bits per heavy atom. The Morgan fingerprint density at radius 3 is 2.21 bits per heavy atom. The van der Waals surface area contributed by atoms with Gasteiger partial charge in [0.2, 0.25) is 0 Å². The fraction of sp³-hybridized carbons (Fsp3) is 0.364. The Kier molecular flexibility index (Phi) is 3.69. The number of carbonyl (C=O) groups is 1. The van der Waals surface area contributed by atoms with Crippen molar-refractivity contribution < 1.29 is 9.53 Å². The Morgan fingerprint density at radius 2 is 1.86 bits per heavy atom. The summed E-state index contributed by atoms with van der Waals surface area (Å²) in [5.41, 5.74) is 4.08. The van der Waals surface area contributed by atoms with Gasteiger partial charge in [0, 0.05) is 5.33 Å². The quantitative estimate of drug-likeness (QED) is 0.601. The zero-order chi connectivity index (χ0) is 10.7. The van der Waals surface area contributed by atoms with Gasteiger partial charge in [0.15, 0.2) is 0 Å². The minimum absolute atomic E-state index is 0.280.